The first-order valence-electron chi connectivity index (χ1n) is 6.23. The maximum absolute atomic E-state index is 13.8. The van der Waals surface area contributed by atoms with Crippen molar-refractivity contribution in [1.82, 2.24) is 4.98 Å². The molecule has 0 aliphatic heterocycles. The fourth-order valence-corrected chi connectivity index (χ4v) is 2.23. The van der Waals surface area contributed by atoms with Gasteiger partial charge in [0.1, 0.15) is 5.82 Å². The highest BCUT2D eigenvalue weighted by atomic mass is 79.9. The molecule has 3 N–H and O–H groups in total. The molecule has 0 radical (unpaired) electrons. The second-order valence-corrected chi connectivity index (χ2v) is 5.61. The molecule has 0 bridgehead atoms. The Bertz CT molecular complexity index is 686. The number of hydrogen-bond donors (Lipinski definition) is 2. The minimum Gasteiger partial charge on any atom is -0.354 e. The molecule has 1 aromatic heterocycles. The zero-order valence-corrected chi connectivity index (χ0v) is 13.0. The number of nitrogens with one attached hydrogen (secondary N) is 1. The van der Waals surface area contributed by atoms with E-state index < -0.39 is 23.6 Å². The fourth-order valence-electron chi connectivity index (χ4n) is 1.87. The Morgan fingerprint density at radius 1 is 1.27 bits per heavy atom. The van der Waals surface area contributed by atoms with E-state index in [1.165, 1.54) is 18.3 Å². The van der Waals surface area contributed by atoms with Gasteiger partial charge in [-0.25, -0.2) is 4.39 Å². The molecule has 8 heteroatoms. The smallest absolute Gasteiger partial charge is 0.354 e. The number of halogens is 5. The first-order chi connectivity index (χ1) is 10.2. The van der Waals surface area contributed by atoms with Crippen LogP contribution in [0, 0.1) is 5.82 Å². The number of anilines is 2. The number of pyridine rings is 1. The van der Waals surface area contributed by atoms with Gasteiger partial charge < -0.3 is 11.1 Å². The van der Waals surface area contributed by atoms with Crippen LogP contribution in [0.4, 0.5) is 28.9 Å². The minimum absolute atomic E-state index is 0.0531. The van der Waals surface area contributed by atoms with Crippen molar-refractivity contribution >= 4 is 27.3 Å². The lowest BCUT2D eigenvalue weighted by Crippen LogP contribution is -2.11. The first-order valence-corrected chi connectivity index (χ1v) is 7.02. The Labute approximate surface area is 132 Å². The summed E-state index contributed by atoms with van der Waals surface area (Å²) in [5.41, 5.74) is 4.65. The van der Waals surface area contributed by atoms with Gasteiger partial charge in [0, 0.05) is 16.6 Å². The highest BCUT2D eigenvalue weighted by Crippen LogP contribution is 2.37. The molecular formula is C14H12BrF4N3. The SMILES string of the molecule is CC(N)c1ncc(Nc2ccc(Br)cc2C(F)(F)F)cc1F. The fraction of sp³-hybridized carbons (Fsp3) is 0.214. The molecule has 0 saturated heterocycles. The maximum Gasteiger partial charge on any atom is 0.418 e. The van der Waals surface area contributed by atoms with E-state index in [1.807, 2.05) is 0 Å². The number of rotatable bonds is 3. The van der Waals surface area contributed by atoms with Gasteiger partial charge in [-0.2, -0.15) is 13.2 Å². The Balaban J connectivity index is 2.37. The lowest BCUT2D eigenvalue weighted by Gasteiger charge is -2.15. The van der Waals surface area contributed by atoms with Crippen molar-refractivity contribution in [3.8, 4) is 0 Å². The molecule has 1 unspecified atom stereocenters. The van der Waals surface area contributed by atoms with Crippen molar-refractivity contribution in [1.29, 1.82) is 0 Å². The van der Waals surface area contributed by atoms with E-state index in [0.29, 0.717) is 4.47 Å². The second-order valence-electron chi connectivity index (χ2n) is 4.69. The summed E-state index contributed by atoms with van der Waals surface area (Å²) in [6.45, 7) is 1.56. The molecule has 0 amide bonds. The molecule has 1 atom stereocenters. The third-order valence-electron chi connectivity index (χ3n) is 2.87. The van der Waals surface area contributed by atoms with E-state index in [2.05, 4.69) is 26.2 Å². The topological polar surface area (TPSA) is 50.9 Å². The normalized spacial score (nSPS) is 13.0. The number of hydrogen-bond acceptors (Lipinski definition) is 3. The van der Waals surface area contributed by atoms with Gasteiger partial charge in [0.25, 0.3) is 0 Å². The molecule has 1 heterocycles. The van der Waals surface area contributed by atoms with Crippen LogP contribution in [0.5, 0.6) is 0 Å². The van der Waals surface area contributed by atoms with Crippen molar-refractivity contribution in [2.75, 3.05) is 5.32 Å². The number of nitrogens with zero attached hydrogens (tertiary/aromatic N) is 1. The predicted molar refractivity (Wildman–Crippen MR) is 79.2 cm³/mol. The zero-order chi connectivity index (χ0) is 16.5. The maximum atomic E-state index is 13.8. The summed E-state index contributed by atoms with van der Waals surface area (Å²) < 4.78 is 53.1. The third-order valence-corrected chi connectivity index (χ3v) is 3.36. The molecule has 0 aliphatic carbocycles. The van der Waals surface area contributed by atoms with Crippen LogP contribution in [0.15, 0.2) is 34.9 Å². The number of alkyl halides is 3. The number of aromatic nitrogens is 1. The molecule has 3 nitrogen and oxygen atoms in total. The summed E-state index contributed by atoms with van der Waals surface area (Å²) in [6.07, 6.45) is -3.30. The lowest BCUT2D eigenvalue weighted by molar-refractivity contribution is -0.137. The van der Waals surface area contributed by atoms with E-state index in [0.717, 1.165) is 12.1 Å². The average Bonchev–Trinajstić information content (AvgIpc) is 2.39. The Kier molecular flexibility index (Phi) is 4.72. The average molecular weight is 378 g/mol. The summed E-state index contributed by atoms with van der Waals surface area (Å²) in [7, 11) is 0. The van der Waals surface area contributed by atoms with Crippen LogP contribution in [-0.2, 0) is 6.18 Å². The van der Waals surface area contributed by atoms with Crippen LogP contribution < -0.4 is 11.1 Å². The molecule has 2 rings (SSSR count). The van der Waals surface area contributed by atoms with Crippen LogP contribution in [0.2, 0.25) is 0 Å². The summed E-state index contributed by atoms with van der Waals surface area (Å²) in [4.78, 5) is 3.83. The van der Waals surface area contributed by atoms with Crippen molar-refractivity contribution in [2.45, 2.75) is 19.1 Å². The van der Waals surface area contributed by atoms with Crippen LogP contribution in [0.25, 0.3) is 0 Å². The van der Waals surface area contributed by atoms with E-state index in [9.17, 15) is 17.6 Å². The van der Waals surface area contributed by atoms with Gasteiger partial charge in [0.2, 0.25) is 0 Å². The molecule has 0 fully saturated rings. The van der Waals surface area contributed by atoms with Gasteiger partial charge in [0.05, 0.1) is 28.8 Å². The highest BCUT2D eigenvalue weighted by Gasteiger charge is 2.33. The van der Waals surface area contributed by atoms with Crippen LogP contribution in [0.3, 0.4) is 0 Å². The number of benzene rings is 1. The minimum atomic E-state index is -4.54. The molecule has 0 spiro atoms. The summed E-state index contributed by atoms with van der Waals surface area (Å²) in [6, 6.07) is 4.12. The summed E-state index contributed by atoms with van der Waals surface area (Å²) in [5.74, 6) is -0.675. The Morgan fingerprint density at radius 2 is 1.95 bits per heavy atom. The quantitative estimate of drug-likeness (QED) is 0.757. The van der Waals surface area contributed by atoms with Crippen LogP contribution in [0.1, 0.15) is 24.2 Å². The van der Waals surface area contributed by atoms with Crippen LogP contribution >= 0.6 is 15.9 Å². The largest absolute Gasteiger partial charge is 0.418 e. The molecule has 0 saturated carbocycles. The van der Waals surface area contributed by atoms with Gasteiger partial charge in [-0.05, 0) is 25.1 Å². The van der Waals surface area contributed by atoms with Gasteiger partial charge in [-0.15, -0.1) is 0 Å². The van der Waals surface area contributed by atoms with Gasteiger partial charge >= 0.3 is 6.18 Å². The van der Waals surface area contributed by atoms with Crippen molar-refractivity contribution < 1.29 is 17.6 Å². The molecule has 2 aromatic rings. The van der Waals surface area contributed by atoms with E-state index in [-0.39, 0.29) is 17.1 Å². The highest BCUT2D eigenvalue weighted by molar-refractivity contribution is 9.10. The van der Waals surface area contributed by atoms with Crippen LogP contribution in [-0.4, -0.2) is 4.98 Å². The molecule has 118 valence electrons. The Morgan fingerprint density at radius 3 is 2.50 bits per heavy atom. The Hall–Kier alpha value is -1.67. The van der Waals surface area contributed by atoms with E-state index >= 15 is 0 Å². The number of nitrogens with two attached hydrogens (primary N) is 1. The standard InChI is InChI=1S/C14H12BrF4N3/c1-7(20)13-11(16)5-9(6-21-13)22-12-3-2-8(15)4-10(12)14(17,18)19/h2-7,22H,20H2,1H3. The first kappa shape index (κ1) is 16.7. The summed E-state index contributed by atoms with van der Waals surface area (Å²) >= 11 is 3.00. The van der Waals surface area contributed by atoms with Gasteiger partial charge in [-0.1, -0.05) is 15.9 Å². The lowest BCUT2D eigenvalue weighted by atomic mass is 10.1. The third kappa shape index (κ3) is 3.75. The zero-order valence-electron chi connectivity index (χ0n) is 11.4. The van der Waals surface area contributed by atoms with E-state index in [4.69, 9.17) is 5.73 Å². The predicted octanol–water partition coefficient (Wildman–Crippen LogP) is 4.77. The summed E-state index contributed by atoms with van der Waals surface area (Å²) in [5, 5.41) is 2.53. The van der Waals surface area contributed by atoms with E-state index in [1.54, 1.807) is 6.92 Å². The molecule has 0 aliphatic rings. The van der Waals surface area contributed by atoms with Crippen molar-refractivity contribution in [2.24, 2.45) is 5.73 Å². The molecular weight excluding hydrogens is 366 g/mol. The molecule has 1 aromatic carbocycles. The molecule has 22 heavy (non-hydrogen) atoms. The monoisotopic (exact) mass is 377 g/mol. The van der Waals surface area contributed by atoms with Crippen molar-refractivity contribution in [3.05, 3.63) is 52.0 Å². The van der Waals surface area contributed by atoms with Crippen molar-refractivity contribution in [3.63, 3.8) is 0 Å². The van der Waals surface area contributed by atoms with Gasteiger partial charge in [-0.3, -0.25) is 4.98 Å². The second kappa shape index (κ2) is 6.21. The van der Waals surface area contributed by atoms with Gasteiger partial charge in [0.15, 0.2) is 0 Å².